The Kier molecular flexibility index (Phi) is 14.5. The summed E-state index contributed by atoms with van der Waals surface area (Å²) in [4.78, 5) is 0. The third kappa shape index (κ3) is 11.1. The van der Waals surface area contributed by atoms with Gasteiger partial charge in [0.1, 0.15) is 0 Å². The van der Waals surface area contributed by atoms with Gasteiger partial charge in [0, 0.05) is 0 Å². The molecule has 0 amide bonds. The molecule has 0 bridgehead atoms. The number of benzene rings is 5. The van der Waals surface area contributed by atoms with Crippen LogP contribution in [0.15, 0.2) is 164 Å². The van der Waals surface area contributed by atoms with E-state index in [-0.39, 0.29) is 29.0 Å². The van der Waals surface area contributed by atoms with Crippen molar-refractivity contribution in [3.05, 3.63) is 186 Å². The summed E-state index contributed by atoms with van der Waals surface area (Å²) in [6.45, 7) is 12.7. The van der Waals surface area contributed by atoms with Crippen LogP contribution in [0.4, 0.5) is 0 Å². The van der Waals surface area contributed by atoms with Crippen molar-refractivity contribution in [2.45, 2.75) is 52.4 Å². The zero-order valence-electron chi connectivity index (χ0n) is 28.9. The molecular weight excluding hydrogens is 683 g/mol. The topological polar surface area (TPSA) is 23.1 Å². The molecule has 0 aromatic heterocycles. The number of halogens is 1. The molecule has 0 saturated carbocycles. The molecule has 7 rings (SSSR count). The van der Waals surface area contributed by atoms with Gasteiger partial charge in [-0.1, -0.05) is 102 Å². The minimum atomic E-state index is -0.0711. The van der Waals surface area contributed by atoms with Gasteiger partial charge >= 0.3 is 99.2 Å². The average Bonchev–Trinajstić information content (AvgIpc) is 3.77. The third-order valence-corrected chi connectivity index (χ3v) is 9.28. The van der Waals surface area contributed by atoms with Crippen molar-refractivity contribution in [2.75, 3.05) is 0 Å². The van der Waals surface area contributed by atoms with Crippen LogP contribution < -0.4 is 17.5 Å². The summed E-state index contributed by atoms with van der Waals surface area (Å²) < 4.78 is 1.42. The molecule has 0 heterocycles. The van der Waals surface area contributed by atoms with Gasteiger partial charge < -0.3 is 17.5 Å². The molecule has 3 heteroatoms. The molecule has 0 spiro atoms. The molecule has 0 aliphatic heterocycles. The average molecular weight is 729 g/mol. The molecule has 0 aliphatic carbocycles. The molecule has 0 fully saturated rings. The van der Waals surface area contributed by atoms with Crippen molar-refractivity contribution >= 4 is 24.8 Å². The maximum atomic E-state index is 11.7. The Bertz CT molecular complexity index is 1850. The van der Waals surface area contributed by atoms with Crippen LogP contribution in [0.25, 0.3) is 21.5 Å². The molecule has 0 aliphatic rings. The zero-order valence-corrected chi connectivity index (χ0v) is 32.1. The molecule has 1 nitrogen and oxygen atoms in total. The van der Waals surface area contributed by atoms with Crippen LogP contribution >= 0.6 is 0 Å². The molecular formula is C45H45ClOZr-2. The van der Waals surface area contributed by atoms with Crippen molar-refractivity contribution < 1.29 is 41.7 Å². The first-order valence-electron chi connectivity index (χ1n) is 16.2. The Morgan fingerprint density at radius 3 is 1.38 bits per heavy atom. The van der Waals surface area contributed by atoms with E-state index < -0.39 is 0 Å². The van der Waals surface area contributed by atoms with Crippen LogP contribution in [0.3, 0.4) is 0 Å². The van der Waals surface area contributed by atoms with Gasteiger partial charge in [0.2, 0.25) is 0 Å². The fourth-order valence-corrected chi connectivity index (χ4v) is 6.00. The first kappa shape index (κ1) is 38.6. The second-order valence-electron chi connectivity index (χ2n) is 13.6. The van der Waals surface area contributed by atoms with Crippen molar-refractivity contribution in [2.24, 2.45) is 0 Å². The Hall–Kier alpha value is -3.84. The summed E-state index contributed by atoms with van der Waals surface area (Å²) in [6.07, 6.45) is 0. The second-order valence-corrected chi connectivity index (χ2v) is 14.8. The van der Waals surface area contributed by atoms with Gasteiger partial charge in [-0.2, -0.15) is 18.2 Å². The van der Waals surface area contributed by atoms with Gasteiger partial charge in [0.15, 0.2) is 0 Å². The first-order valence-corrected chi connectivity index (χ1v) is 17.4. The summed E-state index contributed by atoms with van der Waals surface area (Å²) in [7, 11) is 0. The largest absolute Gasteiger partial charge is 0.214 e. The zero-order chi connectivity index (χ0) is 33.9. The van der Waals surface area contributed by atoms with Gasteiger partial charge in [-0.3, -0.25) is 0 Å². The molecule has 244 valence electrons. The smallest absolute Gasteiger partial charge is 0.0771 e. The van der Waals surface area contributed by atoms with Gasteiger partial charge in [0.05, 0.1) is 0 Å². The van der Waals surface area contributed by atoms with Crippen LogP contribution in [0, 0.1) is 0 Å². The van der Waals surface area contributed by atoms with Crippen LogP contribution in [0.2, 0.25) is 0 Å². The van der Waals surface area contributed by atoms with Crippen LogP contribution in [-0.2, 0) is 35.1 Å². The molecule has 48 heavy (non-hydrogen) atoms. The van der Waals surface area contributed by atoms with E-state index in [1.807, 2.05) is 36.4 Å². The Balaban J connectivity index is 0.000000180. The Morgan fingerprint density at radius 1 is 0.542 bits per heavy atom. The summed E-state index contributed by atoms with van der Waals surface area (Å²) in [5.41, 5.74) is 4.84. The quantitative estimate of drug-likeness (QED) is 0.165. The summed E-state index contributed by atoms with van der Waals surface area (Å²) in [6, 6.07) is 56.1. The Labute approximate surface area is 308 Å². The van der Waals surface area contributed by atoms with Crippen molar-refractivity contribution in [1.29, 1.82) is 0 Å². The van der Waals surface area contributed by atoms with Crippen LogP contribution in [0.5, 0.6) is 5.75 Å². The van der Waals surface area contributed by atoms with E-state index in [0.717, 1.165) is 5.56 Å². The molecule has 0 radical (unpaired) electrons. The normalized spacial score (nSPS) is 10.8. The minimum absolute atomic E-state index is 0. The number of hydrogen-bond acceptors (Lipinski definition) is 1. The van der Waals surface area contributed by atoms with Gasteiger partial charge in [-0.15, -0.1) is 45.5 Å². The van der Waals surface area contributed by atoms with Crippen molar-refractivity contribution in [3.8, 4) is 5.75 Å². The second kappa shape index (κ2) is 18.1. The van der Waals surface area contributed by atoms with Gasteiger partial charge in [0.25, 0.3) is 0 Å². The van der Waals surface area contributed by atoms with E-state index in [9.17, 15) is 5.11 Å². The first-order chi connectivity index (χ1) is 22.4. The van der Waals surface area contributed by atoms with Gasteiger partial charge in [-0.05, 0) is 16.4 Å². The van der Waals surface area contributed by atoms with E-state index in [1.165, 1.54) is 65.7 Å². The van der Waals surface area contributed by atoms with Crippen LogP contribution in [0.1, 0.15) is 63.8 Å². The Morgan fingerprint density at radius 2 is 0.979 bits per heavy atom. The predicted octanol–water partition coefficient (Wildman–Crippen LogP) is 8.28. The standard InChI is InChI=1S/C14H22O.C13H9.C13H10.C5H5.ClH.Zr/c1-13(2,3)10-7-8-12(15)11(9-10)14(4,5)6;1-3-7-12-10(5-1)9-11-6-2-4-8-13(11)12;1-3-7-12(8-4-1)11-13-9-5-2-6-10-13;1-2-4-5-3-1;;/h7-9,15H,1-6H3;1-9H;1-10H;1-5H;1H;/q;-1;;-1;;+2/p-2. The molecule has 0 atom stereocenters. The van der Waals surface area contributed by atoms with E-state index in [2.05, 4.69) is 163 Å². The summed E-state index contributed by atoms with van der Waals surface area (Å²) >= 11 is 1.46. The molecule has 0 saturated heterocycles. The third-order valence-electron chi connectivity index (χ3n) is 7.86. The molecule has 0 unspecified atom stereocenters. The number of rotatable bonds is 2. The van der Waals surface area contributed by atoms with Gasteiger partial charge in [-0.25, -0.2) is 12.1 Å². The molecule has 7 aromatic rings. The number of fused-ring (bicyclic) bond motifs is 3. The number of hydrogen-bond donors (Lipinski definition) is 0. The van der Waals surface area contributed by atoms with E-state index in [1.54, 1.807) is 6.07 Å². The van der Waals surface area contributed by atoms with E-state index >= 15 is 0 Å². The van der Waals surface area contributed by atoms with E-state index in [0.29, 0.717) is 0 Å². The molecule has 0 N–H and O–H groups in total. The molecule has 7 aromatic carbocycles. The minimum Gasteiger partial charge on any atom is -0.214 e. The SMILES string of the molecule is CC(C)(C)c1ccc([O-])c(C(C)(C)C)c1.[Cl-].[Zr+2]=[C](c1ccccc1)c1ccccc1.c1cc[cH-]c1.c1ccc2c(c1)[cH-]c1ccccc12. The predicted molar refractivity (Wildman–Crippen MR) is 198 cm³/mol. The summed E-state index contributed by atoms with van der Waals surface area (Å²) in [5, 5.41) is 17.1. The monoisotopic (exact) mass is 726 g/mol. The van der Waals surface area contributed by atoms with Crippen molar-refractivity contribution in [3.63, 3.8) is 0 Å². The van der Waals surface area contributed by atoms with Crippen LogP contribution in [-0.4, -0.2) is 3.21 Å². The summed E-state index contributed by atoms with van der Waals surface area (Å²) in [5.74, 6) is 0.149. The van der Waals surface area contributed by atoms with Crippen molar-refractivity contribution in [1.82, 2.24) is 0 Å². The van der Waals surface area contributed by atoms with E-state index in [4.69, 9.17) is 0 Å². The maximum Gasteiger partial charge on any atom is -0.0771 e. The fraction of sp³-hybridized carbons (Fsp3) is 0.178. The fourth-order valence-electron chi connectivity index (χ4n) is 5.18. The maximum absolute atomic E-state index is 11.7.